The predicted molar refractivity (Wildman–Crippen MR) is 74.1 cm³/mol. The topological polar surface area (TPSA) is 23.8 Å². The molecule has 0 spiro atoms. The van der Waals surface area contributed by atoms with Gasteiger partial charge < -0.3 is 0 Å². The van der Waals surface area contributed by atoms with Crippen molar-refractivity contribution in [2.45, 2.75) is 31.6 Å². The van der Waals surface area contributed by atoms with E-state index in [1.807, 2.05) is 30.0 Å². The molecular weight excluding hydrogens is 226 g/mol. The minimum atomic E-state index is 0.0580. The number of nitrogens with zero attached hydrogens (tertiary/aromatic N) is 1. The Morgan fingerprint density at radius 2 is 1.94 bits per heavy atom. The van der Waals surface area contributed by atoms with Crippen molar-refractivity contribution >= 4 is 11.8 Å². The summed E-state index contributed by atoms with van der Waals surface area (Å²) >= 11 is 1.96. The average molecular weight is 245 g/mol. The second-order valence-corrected chi connectivity index (χ2v) is 5.86. The molecule has 0 amide bonds. The molecule has 17 heavy (non-hydrogen) atoms. The maximum Gasteiger partial charge on any atom is 0.0803 e. The smallest absolute Gasteiger partial charge is 0.0803 e. The third-order valence-electron chi connectivity index (χ3n) is 3.47. The SMILES string of the molecule is N#CC(CSCC1CCCC1)c1ccccc1. The van der Waals surface area contributed by atoms with E-state index in [1.165, 1.54) is 31.4 Å². The Morgan fingerprint density at radius 1 is 1.24 bits per heavy atom. The first-order valence-electron chi connectivity index (χ1n) is 6.42. The van der Waals surface area contributed by atoms with Gasteiger partial charge in [-0.05, 0) is 30.1 Å². The second kappa shape index (κ2) is 6.71. The van der Waals surface area contributed by atoms with Gasteiger partial charge in [0.1, 0.15) is 0 Å². The zero-order chi connectivity index (χ0) is 11.9. The minimum absolute atomic E-state index is 0.0580. The van der Waals surface area contributed by atoms with Crippen LogP contribution >= 0.6 is 11.8 Å². The standard InChI is InChI=1S/C15H19NS/c16-10-15(14-8-2-1-3-9-14)12-17-11-13-6-4-5-7-13/h1-3,8-9,13,15H,4-7,11-12H2. The van der Waals surface area contributed by atoms with Crippen molar-refractivity contribution in [2.24, 2.45) is 5.92 Å². The molecular formula is C15H19NS. The molecule has 0 heterocycles. The third-order valence-corrected chi connectivity index (χ3v) is 4.75. The largest absolute Gasteiger partial charge is 0.198 e. The molecule has 0 radical (unpaired) electrons. The van der Waals surface area contributed by atoms with Gasteiger partial charge in [0.15, 0.2) is 0 Å². The molecule has 1 unspecified atom stereocenters. The number of benzene rings is 1. The van der Waals surface area contributed by atoms with Gasteiger partial charge in [0.2, 0.25) is 0 Å². The van der Waals surface area contributed by atoms with Crippen LogP contribution in [0.5, 0.6) is 0 Å². The van der Waals surface area contributed by atoms with Crippen LogP contribution in [0.25, 0.3) is 0 Å². The van der Waals surface area contributed by atoms with Crippen molar-refractivity contribution in [1.29, 1.82) is 5.26 Å². The Labute approximate surface area is 108 Å². The lowest BCUT2D eigenvalue weighted by atomic mass is 10.0. The average Bonchev–Trinajstić information content (AvgIpc) is 2.89. The normalized spacial score (nSPS) is 17.8. The molecule has 2 heteroatoms. The van der Waals surface area contributed by atoms with Crippen LogP contribution in [0, 0.1) is 17.2 Å². The van der Waals surface area contributed by atoms with E-state index in [2.05, 4.69) is 18.2 Å². The van der Waals surface area contributed by atoms with E-state index >= 15 is 0 Å². The van der Waals surface area contributed by atoms with Crippen LogP contribution in [0.1, 0.15) is 37.2 Å². The van der Waals surface area contributed by atoms with Gasteiger partial charge in [-0.1, -0.05) is 43.2 Å². The molecule has 0 N–H and O–H groups in total. The van der Waals surface area contributed by atoms with E-state index in [1.54, 1.807) is 0 Å². The fourth-order valence-electron chi connectivity index (χ4n) is 2.42. The lowest BCUT2D eigenvalue weighted by Gasteiger charge is -2.11. The first-order valence-corrected chi connectivity index (χ1v) is 7.58. The number of thioether (sulfide) groups is 1. The van der Waals surface area contributed by atoms with E-state index < -0.39 is 0 Å². The Morgan fingerprint density at radius 3 is 2.59 bits per heavy atom. The summed E-state index contributed by atoms with van der Waals surface area (Å²) in [4.78, 5) is 0. The van der Waals surface area contributed by atoms with Crippen molar-refractivity contribution in [3.05, 3.63) is 35.9 Å². The van der Waals surface area contributed by atoms with Crippen LogP contribution in [0.2, 0.25) is 0 Å². The molecule has 1 nitrogen and oxygen atoms in total. The van der Waals surface area contributed by atoms with E-state index in [9.17, 15) is 5.26 Å². The van der Waals surface area contributed by atoms with Gasteiger partial charge in [-0.25, -0.2) is 0 Å². The summed E-state index contributed by atoms with van der Waals surface area (Å²) in [6.07, 6.45) is 5.61. The van der Waals surface area contributed by atoms with Crippen LogP contribution in [0.15, 0.2) is 30.3 Å². The summed E-state index contributed by atoms with van der Waals surface area (Å²) in [6.45, 7) is 0. The van der Waals surface area contributed by atoms with Crippen LogP contribution in [-0.2, 0) is 0 Å². The van der Waals surface area contributed by atoms with Crippen molar-refractivity contribution in [3.63, 3.8) is 0 Å². The van der Waals surface area contributed by atoms with Gasteiger partial charge in [0.05, 0.1) is 12.0 Å². The first-order chi connectivity index (χ1) is 8.40. The molecule has 2 rings (SSSR count). The summed E-state index contributed by atoms with van der Waals surface area (Å²) in [6, 6.07) is 12.6. The zero-order valence-corrected chi connectivity index (χ0v) is 11.0. The Hall–Kier alpha value is -0.940. The lowest BCUT2D eigenvalue weighted by Crippen LogP contribution is -2.03. The molecule has 1 aromatic rings. The first kappa shape index (κ1) is 12.5. The predicted octanol–water partition coefficient (Wildman–Crippen LogP) is 4.22. The minimum Gasteiger partial charge on any atom is -0.198 e. The molecule has 1 fully saturated rings. The fraction of sp³-hybridized carbons (Fsp3) is 0.533. The molecule has 1 aliphatic rings. The van der Waals surface area contributed by atoms with Crippen LogP contribution in [-0.4, -0.2) is 11.5 Å². The summed E-state index contributed by atoms with van der Waals surface area (Å²) in [7, 11) is 0. The number of nitriles is 1. The van der Waals surface area contributed by atoms with E-state index in [-0.39, 0.29) is 5.92 Å². The highest BCUT2D eigenvalue weighted by atomic mass is 32.2. The number of hydrogen-bond donors (Lipinski definition) is 0. The Bertz CT molecular complexity index is 362. The summed E-state index contributed by atoms with van der Waals surface area (Å²) in [5.74, 6) is 3.15. The van der Waals surface area contributed by atoms with Gasteiger partial charge in [0, 0.05) is 5.75 Å². The zero-order valence-electron chi connectivity index (χ0n) is 10.1. The molecule has 1 saturated carbocycles. The van der Waals surface area contributed by atoms with Crippen molar-refractivity contribution in [1.82, 2.24) is 0 Å². The maximum atomic E-state index is 9.21. The fourth-order valence-corrected chi connectivity index (χ4v) is 3.73. The van der Waals surface area contributed by atoms with Crippen molar-refractivity contribution in [2.75, 3.05) is 11.5 Å². The molecule has 1 aliphatic carbocycles. The molecule has 1 aromatic carbocycles. The van der Waals surface area contributed by atoms with Gasteiger partial charge in [0.25, 0.3) is 0 Å². The van der Waals surface area contributed by atoms with Gasteiger partial charge in [-0.3, -0.25) is 0 Å². The number of rotatable bonds is 5. The molecule has 0 bridgehead atoms. The quantitative estimate of drug-likeness (QED) is 0.775. The number of hydrogen-bond acceptors (Lipinski definition) is 2. The van der Waals surface area contributed by atoms with Crippen molar-refractivity contribution in [3.8, 4) is 6.07 Å². The van der Waals surface area contributed by atoms with Crippen LogP contribution in [0.4, 0.5) is 0 Å². The molecule has 1 atom stereocenters. The summed E-state index contributed by atoms with van der Waals surface area (Å²) in [5.41, 5.74) is 1.16. The molecule has 0 saturated heterocycles. The second-order valence-electron chi connectivity index (χ2n) is 4.78. The molecule has 90 valence electrons. The van der Waals surface area contributed by atoms with E-state index in [0.29, 0.717) is 0 Å². The summed E-state index contributed by atoms with van der Waals surface area (Å²) in [5, 5.41) is 9.21. The highest BCUT2D eigenvalue weighted by molar-refractivity contribution is 7.99. The van der Waals surface area contributed by atoms with Gasteiger partial charge >= 0.3 is 0 Å². The maximum absolute atomic E-state index is 9.21. The van der Waals surface area contributed by atoms with Gasteiger partial charge in [-0.15, -0.1) is 0 Å². The molecule has 0 aromatic heterocycles. The van der Waals surface area contributed by atoms with Crippen LogP contribution in [0.3, 0.4) is 0 Å². The lowest BCUT2D eigenvalue weighted by molar-refractivity contribution is 0.623. The Balaban J connectivity index is 1.78. The monoisotopic (exact) mass is 245 g/mol. The van der Waals surface area contributed by atoms with Gasteiger partial charge in [-0.2, -0.15) is 17.0 Å². The van der Waals surface area contributed by atoms with Crippen molar-refractivity contribution < 1.29 is 0 Å². The Kier molecular flexibility index (Phi) is 4.94. The summed E-state index contributed by atoms with van der Waals surface area (Å²) < 4.78 is 0. The van der Waals surface area contributed by atoms with E-state index in [4.69, 9.17) is 0 Å². The highest BCUT2D eigenvalue weighted by Crippen LogP contribution is 2.29. The highest BCUT2D eigenvalue weighted by Gasteiger charge is 2.16. The van der Waals surface area contributed by atoms with Crippen LogP contribution < -0.4 is 0 Å². The van der Waals surface area contributed by atoms with E-state index in [0.717, 1.165) is 17.2 Å². The molecule has 0 aliphatic heterocycles. The third kappa shape index (κ3) is 3.78.